The van der Waals surface area contributed by atoms with Crippen LogP contribution in [0.3, 0.4) is 0 Å². The number of rotatable bonds is 6. The lowest BCUT2D eigenvalue weighted by Crippen LogP contribution is -2.31. The maximum absolute atomic E-state index is 12.4. The molecule has 0 saturated carbocycles. The van der Waals surface area contributed by atoms with Crippen LogP contribution in [-0.4, -0.2) is 21.8 Å². The Kier molecular flexibility index (Phi) is 5.36. The van der Waals surface area contributed by atoms with Gasteiger partial charge < -0.3 is 10.1 Å². The van der Waals surface area contributed by atoms with Crippen LogP contribution in [0.4, 0.5) is 5.82 Å². The van der Waals surface area contributed by atoms with E-state index in [1.54, 1.807) is 42.1 Å². The van der Waals surface area contributed by atoms with Crippen molar-refractivity contribution in [2.24, 2.45) is 0 Å². The fraction of sp³-hybridized carbons (Fsp3) is 0.158. The van der Waals surface area contributed by atoms with E-state index in [0.717, 1.165) is 5.56 Å². The Morgan fingerprint density at radius 2 is 1.88 bits per heavy atom. The fourth-order valence-electron chi connectivity index (χ4n) is 2.33. The van der Waals surface area contributed by atoms with E-state index in [1.165, 1.54) is 0 Å². The summed E-state index contributed by atoms with van der Waals surface area (Å²) in [7, 11) is 0. The Labute approximate surface area is 151 Å². The van der Waals surface area contributed by atoms with Crippen molar-refractivity contribution in [3.8, 4) is 5.75 Å². The molecule has 25 heavy (non-hydrogen) atoms. The number of anilines is 1. The molecule has 5 nitrogen and oxygen atoms in total. The minimum Gasteiger partial charge on any atom is -0.479 e. The highest BCUT2D eigenvalue weighted by Gasteiger charge is 2.17. The van der Waals surface area contributed by atoms with E-state index in [1.807, 2.05) is 36.4 Å². The lowest BCUT2D eigenvalue weighted by molar-refractivity contribution is -0.122. The Morgan fingerprint density at radius 1 is 1.16 bits per heavy atom. The van der Waals surface area contributed by atoms with Crippen LogP contribution in [-0.2, 0) is 11.3 Å². The predicted molar refractivity (Wildman–Crippen MR) is 97.9 cm³/mol. The monoisotopic (exact) mass is 355 g/mol. The second-order valence-electron chi connectivity index (χ2n) is 5.54. The van der Waals surface area contributed by atoms with Crippen LogP contribution >= 0.6 is 11.6 Å². The Bertz CT molecular complexity index is 849. The van der Waals surface area contributed by atoms with Crippen LogP contribution in [0.15, 0.2) is 66.9 Å². The number of carbonyl (C=O) groups excluding carboxylic acids is 1. The maximum atomic E-state index is 12.4. The van der Waals surface area contributed by atoms with Crippen LogP contribution in [0.5, 0.6) is 5.75 Å². The molecule has 0 bridgehead atoms. The van der Waals surface area contributed by atoms with Crippen LogP contribution in [0.2, 0.25) is 5.02 Å². The Balaban J connectivity index is 1.65. The van der Waals surface area contributed by atoms with Crippen molar-refractivity contribution in [2.75, 3.05) is 5.32 Å². The summed E-state index contributed by atoms with van der Waals surface area (Å²) < 4.78 is 7.37. The van der Waals surface area contributed by atoms with Gasteiger partial charge in [-0.15, -0.1) is 0 Å². The summed E-state index contributed by atoms with van der Waals surface area (Å²) in [6.45, 7) is 2.25. The number of halogens is 1. The zero-order valence-corrected chi connectivity index (χ0v) is 14.5. The van der Waals surface area contributed by atoms with Gasteiger partial charge in [0, 0.05) is 6.07 Å². The molecule has 1 heterocycles. The molecule has 1 amide bonds. The van der Waals surface area contributed by atoms with Gasteiger partial charge in [0.1, 0.15) is 11.6 Å². The topological polar surface area (TPSA) is 56.1 Å². The number of amides is 1. The summed E-state index contributed by atoms with van der Waals surface area (Å²) in [4.78, 5) is 12.4. The van der Waals surface area contributed by atoms with Gasteiger partial charge in [0.2, 0.25) is 0 Å². The summed E-state index contributed by atoms with van der Waals surface area (Å²) in [5, 5.41) is 7.57. The van der Waals surface area contributed by atoms with E-state index in [4.69, 9.17) is 16.3 Å². The third-order valence-corrected chi connectivity index (χ3v) is 3.96. The normalized spacial score (nSPS) is 11.8. The standard InChI is InChI=1S/C19H18ClN3O2/c1-14(25-17-10-6-5-9-16(17)20)19(24)22-18-11-12-21-23(18)13-15-7-3-2-4-8-15/h2-12,14H,13H2,1H3,(H,22,24). The molecule has 3 rings (SSSR count). The first kappa shape index (κ1) is 17.0. The van der Waals surface area contributed by atoms with Crippen molar-refractivity contribution in [3.63, 3.8) is 0 Å². The van der Waals surface area contributed by atoms with E-state index in [0.29, 0.717) is 23.1 Å². The largest absolute Gasteiger partial charge is 0.479 e. The summed E-state index contributed by atoms with van der Waals surface area (Å²) in [6.07, 6.45) is 0.956. The van der Waals surface area contributed by atoms with Gasteiger partial charge >= 0.3 is 0 Å². The van der Waals surface area contributed by atoms with Crippen molar-refractivity contribution in [1.82, 2.24) is 9.78 Å². The third-order valence-electron chi connectivity index (χ3n) is 3.65. The van der Waals surface area contributed by atoms with Gasteiger partial charge in [-0.05, 0) is 24.6 Å². The Morgan fingerprint density at radius 3 is 2.64 bits per heavy atom. The van der Waals surface area contributed by atoms with E-state index < -0.39 is 6.10 Å². The van der Waals surface area contributed by atoms with Gasteiger partial charge in [-0.3, -0.25) is 4.79 Å². The quantitative estimate of drug-likeness (QED) is 0.727. The van der Waals surface area contributed by atoms with E-state index >= 15 is 0 Å². The number of nitrogens with zero attached hydrogens (tertiary/aromatic N) is 2. The zero-order valence-electron chi connectivity index (χ0n) is 13.7. The highest BCUT2D eigenvalue weighted by Crippen LogP contribution is 2.24. The van der Waals surface area contributed by atoms with Crippen molar-refractivity contribution >= 4 is 23.3 Å². The molecule has 1 unspecified atom stereocenters. The van der Waals surface area contributed by atoms with Crippen molar-refractivity contribution in [1.29, 1.82) is 0 Å². The van der Waals surface area contributed by atoms with Gasteiger partial charge in [-0.25, -0.2) is 4.68 Å². The molecule has 3 aromatic rings. The van der Waals surface area contributed by atoms with Gasteiger partial charge in [0.15, 0.2) is 6.10 Å². The SMILES string of the molecule is CC(Oc1ccccc1Cl)C(=O)Nc1ccnn1Cc1ccccc1. The van der Waals surface area contributed by atoms with Crippen molar-refractivity contribution < 1.29 is 9.53 Å². The highest BCUT2D eigenvalue weighted by molar-refractivity contribution is 6.32. The Hall–Kier alpha value is -2.79. The second kappa shape index (κ2) is 7.85. The van der Waals surface area contributed by atoms with Crippen molar-refractivity contribution in [3.05, 3.63) is 77.4 Å². The number of nitrogens with one attached hydrogen (secondary N) is 1. The molecular formula is C19H18ClN3O2. The molecule has 0 aliphatic carbocycles. The molecule has 0 aliphatic rings. The van der Waals surface area contributed by atoms with E-state index in [9.17, 15) is 4.79 Å². The molecule has 1 aromatic heterocycles. The maximum Gasteiger partial charge on any atom is 0.266 e. The number of hydrogen-bond acceptors (Lipinski definition) is 3. The lowest BCUT2D eigenvalue weighted by Gasteiger charge is -2.16. The molecule has 128 valence electrons. The molecule has 2 aromatic carbocycles. The number of para-hydroxylation sites is 1. The summed E-state index contributed by atoms with van der Waals surface area (Å²) in [6, 6.07) is 18.7. The molecule has 0 spiro atoms. The van der Waals surface area contributed by atoms with Crippen molar-refractivity contribution in [2.45, 2.75) is 19.6 Å². The molecule has 0 radical (unpaired) electrons. The van der Waals surface area contributed by atoms with Crippen LogP contribution < -0.4 is 10.1 Å². The lowest BCUT2D eigenvalue weighted by atomic mass is 10.2. The minimum atomic E-state index is -0.694. The third kappa shape index (κ3) is 4.39. The van der Waals surface area contributed by atoms with Gasteiger partial charge in [0.25, 0.3) is 5.91 Å². The number of ether oxygens (including phenoxy) is 1. The minimum absolute atomic E-state index is 0.269. The first-order valence-corrected chi connectivity index (χ1v) is 8.29. The predicted octanol–water partition coefficient (Wildman–Crippen LogP) is 3.99. The summed E-state index contributed by atoms with van der Waals surface area (Å²) >= 11 is 6.06. The van der Waals surface area contributed by atoms with Gasteiger partial charge in [-0.2, -0.15) is 5.10 Å². The number of aromatic nitrogens is 2. The summed E-state index contributed by atoms with van der Waals surface area (Å²) in [5.41, 5.74) is 1.10. The van der Waals surface area contributed by atoms with E-state index in [-0.39, 0.29) is 5.91 Å². The highest BCUT2D eigenvalue weighted by atomic mass is 35.5. The second-order valence-corrected chi connectivity index (χ2v) is 5.95. The molecule has 1 N–H and O–H groups in total. The average Bonchev–Trinajstić information content (AvgIpc) is 3.04. The average molecular weight is 356 g/mol. The number of benzene rings is 2. The zero-order chi connectivity index (χ0) is 17.6. The number of carbonyl (C=O) groups is 1. The smallest absolute Gasteiger partial charge is 0.266 e. The summed E-state index contributed by atoms with van der Waals surface area (Å²) in [5.74, 6) is 0.822. The van der Waals surface area contributed by atoms with Crippen LogP contribution in [0.1, 0.15) is 12.5 Å². The molecule has 0 aliphatic heterocycles. The first-order valence-electron chi connectivity index (χ1n) is 7.91. The number of hydrogen-bond donors (Lipinski definition) is 1. The van der Waals surface area contributed by atoms with E-state index in [2.05, 4.69) is 10.4 Å². The molecule has 6 heteroatoms. The fourth-order valence-corrected chi connectivity index (χ4v) is 2.51. The first-order chi connectivity index (χ1) is 12.1. The molecular weight excluding hydrogens is 338 g/mol. The molecule has 0 saturated heterocycles. The van der Waals surface area contributed by atoms with Gasteiger partial charge in [0.05, 0.1) is 17.8 Å². The van der Waals surface area contributed by atoms with Crippen LogP contribution in [0, 0.1) is 0 Å². The molecule has 1 atom stereocenters. The van der Waals surface area contributed by atoms with Gasteiger partial charge in [-0.1, -0.05) is 54.1 Å². The van der Waals surface area contributed by atoms with Crippen LogP contribution in [0.25, 0.3) is 0 Å². The molecule has 0 fully saturated rings.